The Labute approximate surface area is 94.7 Å². The molecule has 0 saturated carbocycles. The molecule has 0 spiro atoms. The number of amides is 1. The zero-order valence-corrected chi connectivity index (χ0v) is 9.40. The van der Waals surface area contributed by atoms with E-state index in [1.54, 1.807) is 26.4 Å². The second-order valence-corrected chi connectivity index (χ2v) is 3.55. The van der Waals surface area contributed by atoms with Gasteiger partial charge in [-0.05, 0) is 17.7 Å². The summed E-state index contributed by atoms with van der Waals surface area (Å²) >= 11 is 0. The van der Waals surface area contributed by atoms with Crippen LogP contribution in [0.4, 0.5) is 0 Å². The molecule has 1 aromatic heterocycles. The van der Waals surface area contributed by atoms with Crippen molar-refractivity contribution in [3.8, 4) is 6.07 Å². The number of aromatic nitrogens is 1. The summed E-state index contributed by atoms with van der Waals surface area (Å²) in [5, 5.41) is 11.7. The molecule has 1 heterocycles. The van der Waals surface area contributed by atoms with E-state index in [-0.39, 0.29) is 12.5 Å². The molecule has 0 aliphatic carbocycles. The molecule has 1 amide bonds. The van der Waals surface area contributed by atoms with Crippen molar-refractivity contribution in [3.63, 3.8) is 0 Å². The fraction of sp³-hybridized carbons (Fsp3) is 0.364. The van der Waals surface area contributed by atoms with E-state index in [0.29, 0.717) is 12.2 Å². The molecule has 0 aromatic carbocycles. The number of rotatable bonds is 4. The zero-order valence-electron chi connectivity index (χ0n) is 9.40. The number of nitrogens with zero attached hydrogens (tertiary/aromatic N) is 3. The first-order valence-electron chi connectivity index (χ1n) is 4.89. The fourth-order valence-electron chi connectivity index (χ4n) is 1.12. The second-order valence-electron chi connectivity index (χ2n) is 3.55. The van der Waals surface area contributed by atoms with Gasteiger partial charge in [0.1, 0.15) is 11.8 Å². The Bertz CT molecular complexity index is 409. The third-order valence-corrected chi connectivity index (χ3v) is 2.04. The van der Waals surface area contributed by atoms with Gasteiger partial charge in [-0.2, -0.15) is 5.26 Å². The minimum atomic E-state index is 0.0227. The number of likely N-dealkylation sites (N-methyl/N-ethyl adjacent to an activating group) is 1. The molecule has 5 nitrogen and oxygen atoms in total. The summed E-state index contributed by atoms with van der Waals surface area (Å²) < 4.78 is 0. The third-order valence-electron chi connectivity index (χ3n) is 2.04. The Kier molecular flexibility index (Phi) is 4.42. The van der Waals surface area contributed by atoms with E-state index < -0.39 is 0 Å². The van der Waals surface area contributed by atoms with Gasteiger partial charge in [-0.1, -0.05) is 0 Å². The highest BCUT2D eigenvalue weighted by Crippen LogP contribution is 1.99. The van der Waals surface area contributed by atoms with Gasteiger partial charge in [0, 0.05) is 26.8 Å². The Hall–Kier alpha value is -1.93. The monoisotopic (exact) mass is 218 g/mol. The number of carbonyl (C=O) groups excluding carboxylic acids is 1. The van der Waals surface area contributed by atoms with Crippen LogP contribution in [0.25, 0.3) is 0 Å². The number of nitrogens with one attached hydrogen (secondary N) is 1. The lowest BCUT2D eigenvalue weighted by atomic mass is 10.2. The van der Waals surface area contributed by atoms with Gasteiger partial charge < -0.3 is 10.2 Å². The molecule has 0 aliphatic rings. The van der Waals surface area contributed by atoms with Gasteiger partial charge in [0.2, 0.25) is 5.91 Å². The predicted molar refractivity (Wildman–Crippen MR) is 59.4 cm³/mol. The van der Waals surface area contributed by atoms with Crippen LogP contribution >= 0.6 is 0 Å². The first kappa shape index (κ1) is 12.1. The van der Waals surface area contributed by atoms with E-state index in [9.17, 15) is 4.79 Å². The lowest BCUT2D eigenvalue weighted by Gasteiger charge is -2.10. The highest BCUT2D eigenvalue weighted by atomic mass is 16.2. The molecule has 0 aliphatic heterocycles. The molecular weight excluding hydrogens is 204 g/mol. The maximum Gasteiger partial charge on any atom is 0.236 e. The molecule has 1 aromatic rings. The first-order chi connectivity index (χ1) is 7.63. The van der Waals surface area contributed by atoms with Crippen molar-refractivity contribution in [1.82, 2.24) is 15.2 Å². The number of carbonyl (C=O) groups is 1. The van der Waals surface area contributed by atoms with Gasteiger partial charge in [-0.15, -0.1) is 0 Å². The first-order valence-corrected chi connectivity index (χ1v) is 4.89. The molecule has 0 radical (unpaired) electrons. The summed E-state index contributed by atoms with van der Waals surface area (Å²) in [6.45, 7) is 0.841. The smallest absolute Gasteiger partial charge is 0.236 e. The van der Waals surface area contributed by atoms with Gasteiger partial charge in [0.25, 0.3) is 0 Å². The van der Waals surface area contributed by atoms with E-state index >= 15 is 0 Å². The maximum absolute atomic E-state index is 11.3. The average Bonchev–Trinajstić information content (AvgIpc) is 2.29. The van der Waals surface area contributed by atoms with Crippen LogP contribution in [0.15, 0.2) is 18.3 Å². The van der Waals surface area contributed by atoms with Crippen molar-refractivity contribution < 1.29 is 4.79 Å². The van der Waals surface area contributed by atoms with Crippen molar-refractivity contribution >= 4 is 5.91 Å². The molecule has 5 heteroatoms. The van der Waals surface area contributed by atoms with Crippen LogP contribution in [0.5, 0.6) is 0 Å². The van der Waals surface area contributed by atoms with Crippen molar-refractivity contribution in [3.05, 3.63) is 29.6 Å². The topological polar surface area (TPSA) is 69.0 Å². The number of hydrogen-bond donors (Lipinski definition) is 1. The van der Waals surface area contributed by atoms with Crippen LogP contribution in [-0.4, -0.2) is 36.4 Å². The molecule has 0 fully saturated rings. The van der Waals surface area contributed by atoms with Crippen LogP contribution in [-0.2, 0) is 11.3 Å². The van der Waals surface area contributed by atoms with E-state index in [0.717, 1.165) is 5.56 Å². The van der Waals surface area contributed by atoms with Gasteiger partial charge in [-0.25, -0.2) is 4.98 Å². The summed E-state index contributed by atoms with van der Waals surface area (Å²) in [7, 11) is 3.43. The second kappa shape index (κ2) is 5.83. The highest BCUT2D eigenvalue weighted by molar-refractivity contribution is 5.77. The van der Waals surface area contributed by atoms with Crippen LogP contribution in [0, 0.1) is 11.3 Å². The predicted octanol–water partition coefficient (Wildman–Crippen LogP) is 0.131. The van der Waals surface area contributed by atoms with E-state index in [4.69, 9.17) is 5.26 Å². The van der Waals surface area contributed by atoms with Gasteiger partial charge >= 0.3 is 0 Å². The molecule has 84 valence electrons. The average molecular weight is 218 g/mol. The molecule has 0 unspecified atom stereocenters. The van der Waals surface area contributed by atoms with Crippen LogP contribution in [0.3, 0.4) is 0 Å². The van der Waals surface area contributed by atoms with Crippen LogP contribution in [0.1, 0.15) is 11.3 Å². The maximum atomic E-state index is 11.3. The molecule has 0 saturated heterocycles. The zero-order chi connectivity index (χ0) is 12.0. The minimum absolute atomic E-state index is 0.0227. The molecule has 16 heavy (non-hydrogen) atoms. The highest BCUT2D eigenvalue weighted by Gasteiger charge is 2.02. The van der Waals surface area contributed by atoms with Crippen molar-refractivity contribution in [2.75, 3.05) is 20.6 Å². The largest absolute Gasteiger partial charge is 0.348 e. The molecule has 0 bridgehead atoms. The number of hydrogen-bond acceptors (Lipinski definition) is 4. The Balaban J connectivity index is 2.43. The van der Waals surface area contributed by atoms with E-state index in [1.165, 1.54) is 4.90 Å². The summed E-state index contributed by atoms with van der Waals surface area (Å²) in [6.07, 6.45) is 1.59. The minimum Gasteiger partial charge on any atom is -0.348 e. The Morgan fingerprint density at radius 1 is 1.62 bits per heavy atom. The molecular formula is C11H14N4O. The van der Waals surface area contributed by atoms with Gasteiger partial charge in [-0.3, -0.25) is 4.79 Å². The quantitative estimate of drug-likeness (QED) is 0.780. The third kappa shape index (κ3) is 3.67. The lowest BCUT2D eigenvalue weighted by molar-refractivity contribution is -0.127. The van der Waals surface area contributed by atoms with Crippen LogP contribution < -0.4 is 5.32 Å². The molecule has 1 rings (SSSR count). The lowest BCUT2D eigenvalue weighted by Crippen LogP contribution is -2.32. The van der Waals surface area contributed by atoms with Crippen molar-refractivity contribution in [1.29, 1.82) is 5.26 Å². The van der Waals surface area contributed by atoms with Crippen molar-refractivity contribution in [2.24, 2.45) is 0 Å². The summed E-state index contributed by atoms with van der Waals surface area (Å²) in [6, 6.07) is 5.49. The van der Waals surface area contributed by atoms with E-state index in [1.807, 2.05) is 12.1 Å². The van der Waals surface area contributed by atoms with Crippen molar-refractivity contribution in [2.45, 2.75) is 6.54 Å². The SMILES string of the molecule is CN(C)C(=O)CNCc1ccnc(C#N)c1. The molecule has 1 N–H and O–H groups in total. The standard InChI is InChI=1S/C11H14N4O/c1-15(2)11(16)8-13-7-9-3-4-14-10(5-9)6-12/h3-5,13H,7-8H2,1-2H3. The normalized spacial score (nSPS) is 9.56. The fourth-order valence-corrected chi connectivity index (χ4v) is 1.12. The number of pyridine rings is 1. The summed E-state index contributed by atoms with van der Waals surface area (Å²) in [5.74, 6) is 0.0227. The molecule has 0 atom stereocenters. The summed E-state index contributed by atoms with van der Waals surface area (Å²) in [5.41, 5.74) is 1.33. The summed E-state index contributed by atoms with van der Waals surface area (Å²) in [4.78, 5) is 16.6. The van der Waals surface area contributed by atoms with Gasteiger partial charge in [0.05, 0.1) is 6.54 Å². The van der Waals surface area contributed by atoms with E-state index in [2.05, 4.69) is 10.3 Å². The van der Waals surface area contributed by atoms with Crippen LogP contribution in [0.2, 0.25) is 0 Å². The number of nitriles is 1. The Morgan fingerprint density at radius 3 is 3.00 bits per heavy atom. The van der Waals surface area contributed by atoms with Gasteiger partial charge in [0.15, 0.2) is 0 Å². The Morgan fingerprint density at radius 2 is 2.38 bits per heavy atom.